The van der Waals surface area contributed by atoms with Gasteiger partial charge in [-0.15, -0.1) is 0 Å². The van der Waals surface area contributed by atoms with Crippen molar-refractivity contribution in [2.45, 2.75) is 218 Å². The highest BCUT2D eigenvalue weighted by atomic mass is 32.2. The predicted molar refractivity (Wildman–Crippen MR) is 229 cm³/mol. The van der Waals surface area contributed by atoms with Crippen LogP contribution in [-0.4, -0.2) is 96.0 Å². The van der Waals surface area contributed by atoms with E-state index in [-0.39, 0.29) is 19.4 Å². The van der Waals surface area contributed by atoms with E-state index in [1.165, 1.54) is 103 Å². The Labute approximate surface area is 351 Å². The summed E-state index contributed by atoms with van der Waals surface area (Å²) in [5.41, 5.74) is 0. The molecule has 1 rings (SSSR count). The van der Waals surface area contributed by atoms with Crippen molar-refractivity contribution >= 4 is 22.1 Å². The third-order valence-electron chi connectivity index (χ3n) is 10.2. The normalized spacial score (nSPS) is 20.7. The lowest BCUT2D eigenvalue weighted by atomic mass is 10.00. The molecular formula is C45H80O12S. The number of aliphatic hydroxyl groups is 3. The lowest BCUT2D eigenvalue weighted by Crippen LogP contribution is -2.60. The zero-order chi connectivity index (χ0) is 42.7. The fourth-order valence-electron chi connectivity index (χ4n) is 6.66. The first-order chi connectivity index (χ1) is 28.0. The molecule has 0 spiro atoms. The Morgan fingerprint density at radius 1 is 0.586 bits per heavy atom. The zero-order valence-electron chi connectivity index (χ0n) is 35.9. The third kappa shape index (κ3) is 30.0. The highest BCUT2D eigenvalue weighted by molar-refractivity contribution is 7.85. The van der Waals surface area contributed by atoms with Gasteiger partial charge in [0.05, 0.1) is 6.61 Å². The molecule has 1 fully saturated rings. The molecule has 0 bridgehead atoms. The van der Waals surface area contributed by atoms with E-state index in [0.717, 1.165) is 38.5 Å². The summed E-state index contributed by atoms with van der Waals surface area (Å²) in [6.45, 7) is 3.69. The second-order valence-electron chi connectivity index (χ2n) is 15.7. The van der Waals surface area contributed by atoms with Gasteiger partial charge in [-0.1, -0.05) is 147 Å². The Hall–Kier alpha value is -2.13. The quantitative estimate of drug-likeness (QED) is 0.0202. The zero-order valence-corrected chi connectivity index (χ0v) is 36.7. The molecule has 1 heterocycles. The van der Waals surface area contributed by atoms with Crippen LogP contribution in [0.4, 0.5) is 0 Å². The number of ether oxygens (including phenoxy) is 4. The van der Waals surface area contributed by atoms with Crippen LogP contribution in [0.3, 0.4) is 0 Å². The fourth-order valence-corrected chi connectivity index (χ4v) is 7.36. The van der Waals surface area contributed by atoms with Gasteiger partial charge < -0.3 is 34.3 Å². The van der Waals surface area contributed by atoms with E-state index >= 15 is 0 Å². The average Bonchev–Trinajstić information content (AvgIpc) is 3.18. The molecule has 58 heavy (non-hydrogen) atoms. The Bertz CT molecular complexity index is 1220. The molecule has 0 saturated carbocycles. The highest BCUT2D eigenvalue weighted by Gasteiger charge is 2.46. The van der Waals surface area contributed by atoms with E-state index in [0.29, 0.717) is 12.8 Å². The van der Waals surface area contributed by atoms with Crippen LogP contribution in [-0.2, 0) is 38.7 Å². The van der Waals surface area contributed by atoms with Crippen molar-refractivity contribution in [2.75, 3.05) is 19.0 Å². The van der Waals surface area contributed by atoms with Crippen molar-refractivity contribution in [3.05, 3.63) is 36.5 Å². The third-order valence-corrected chi connectivity index (χ3v) is 11.0. The summed E-state index contributed by atoms with van der Waals surface area (Å²) in [5, 5.41) is 30.8. The minimum atomic E-state index is -4.61. The summed E-state index contributed by atoms with van der Waals surface area (Å²) >= 11 is 0. The van der Waals surface area contributed by atoms with Crippen molar-refractivity contribution in [1.29, 1.82) is 0 Å². The first kappa shape index (κ1) is 53.9. The molecule has 0 aromatic carbocycles. The first-order valence-electron chi connectivity index (χ1n) is 22.5. The van der Waals surface area contributed by atoms with Crippen molar-refractivity contribution in [2.24, 2.45) is 0 Å². The van der Waals surface area contributed by atoms with E-state index in [1.54, 1.807) is 0 Å². The maximum Gasteiger partial charge on any atom is 0.306 e. The smallest absolute Gasteiger partial charge is 0.306 e. The van der Waals surface area contributed by atoms with Gasteiger partial charge in [0.1, 0.15) is 36.8 Å². The molecular weight excluding hydrogens is 765 g/mol. The Morgan fingerprint density at radius 2 is 1.07 bits per heavy atom. The van der Waals surface area contributed by atoms with Crippen LogP contribution in [0.5, 0.6) is 0 Å². The Balaban J connectivity index is 2.47. The van der Waals surface area contributed by atoms with Gasteiger partial charge in [0.15, 0.2) is 12.4 Å². The summed E-state index contributed by atoms with van der Waals surface area (Å²) in [5.74, 6) is -2.07. The lowest BCUT2D eigenvalue weighted by molar-refractivity contribution is -0.297. The van der Waals surface area contributed by atoms with Crippen molar-refractivity contribution < 1.29 is 56.8 Å². The fraction of sp³-hybridized carbons (Fsp3) is 0.822. The maximum absolute atomic E-state index is 12.7. The van der Waals surface area contributed by atoms with Gasteiger partial charge in [0, 0.05) is 12.8 Å². The number of hydrogen-bond donors (Lipinski definition) is 4. The number of unbranched alkanes of at least 4 members (excludes halogenated alkanes) is 19. The number of allylic oxidation sites excluding steroid dienone is 6. The van der Waals surface area contributed by atoms with Crippen LogP contribution >= 0.6 is 0 Å². The van der Waals surface area contributed by atoms with Crippen LogP contribution in [0.2, 0.25) is 0 Å². The van der Waals surface area contributed by atoms with E-state index in [4.69, 9.17) is 18.9 Å². The Kier molecular flexibility index (Phi) is 33.1. The molecule has 3 unspecified atom stereocenters. The van der Waals surface area contributed by atoms with Crippen LogP contribution in [0, 0.1) is 0 Å². The SMILES string of the molecule is CCCCCCCC/C=C/C/C=C/CCC(=O)OC(COC(=O)CCCCCCCCC/C=C/CCCCCCCC)CO[C@H]1O[C@H](CS(=O)(=O)O)[C@@H](O)C(O)C1O. The minimum absolute atomic E-state index is 0.0578. The lowest BCUT2D eigenvalue weighted by Gasteiger charge is -2.40. The van der Waals surface area contributed by atoms with Crippen LogP contribution in [0.1, 0.15) is 181 Å². The first-order valence-corrected chi connectivity index (χ1v) is 24.2. The number of hydrogen-bond acceptors (Lipinski definition) is 11. The van der Waals surface area contributed by atoms with Crippen molar-refractivity contribution in [3.8, 4) is 0 Å². The predicted octanol–water partition coefficient (Wildman–Crippen LogP) is 9.00. The topological polar surface area (TPSA) is 186 Å². The van der Waals surface area contributed by atoms with Gasteiger partial charge in [-0.3, -0.25) is 14.1 Å². The molecule has 1 aliphatic rings. The molecule has 1 aliphatic heterocycles. The number of esters is 2. The van der Waals surface area contributed by atoms with Crippen LogP contribution < -0.4 is 0 Å². The molecule has 6 atom stereocenters. The molecule has 0 aromatic heterocycles. The molecule has 0 amide bonds. The van der Waals surface area contributed by atoms with Crippen molar-refractivity contribution in [3.63, 3.8) is 0 Å². The summed E-state index contributed by atoms with van der Waals surface area (Å²) in [6, 6.07) is 0. The summed E-state index contributed by atoms with van der Waals surface area (Å²) in [7, 11) is -4.61. The molecule has 338 valence electrons. The van der Waals surface area contributed by atoms with Crippen LogP contribution in [0.25, 0.3) is 0 Å². The van der Waals surface area contributed by atoms with E-state index < -0.39 is 71.2 Å². The van der Waals surface area contributed by atoms with Crippen LogP contribution in [0.15, 0.2) is 36.5 Å². The average molecular weight is 845 g/mol. The van der Waals surface area contributed by atoms with E-state index in [1.807, 2.05) is 12.2 Å². The van der Waals surface area contributed by atoms with Gasteiger partial charge in [-0.2, -0.15) is 8.42 Å². The van der Waals surface area contributed by atoms with E-state index in [2.05, 4.69) is 38.2 Å². The summed E-state index contributed by atoms with van der Waals surface area (Å²) in [4.78, 5) is 25.3. The molecule has 0 aliphatic carbocycles. The second-order valence-corrected chi connectivity index (χ2v) is 17.2. The number of carbonyl (C=O) groups excluding carboxylic acids is 2. The number of carbonyl (C=O) groups is 2. The molecule has 4 N–H and O–H groups in total. The minimum Gasteiger partial charge on any atom is -0.462 e. The molecule has 0 radical (unpaired) electrons. The number of rotatable bonds is 37. The second kappa shape index (κ2) is 35.6. The van der Waals surface area contributed by atoms with Gasteiger partial charge >= 0.3 is 11.9 Å². The van der Waals surface area contributed by atoms with Crippen molar-refractivity contribution in [1.82, 2.24) is 0 Å². The highest BCUT2D eigenvalue weighted by Crippen LogP contribution is 2.24. The standard InChI is InChI=1S/C45H80O12S/c1-3-5-7-9-11-13-15-17-18-19-20-22-23-25-27-29-31-33-40(46)54-35-38(36-55-45-44(50)43(49)42(48)39(57-45)37-58(51,52)53)56-41(47)34-32-30-28-26-24-21-16-14-12-10-8-6-4-2/h17-18,21,24,28,30,38-39,42-45,48-50H,3-16,19-20,22-23,25-27,29,31-37H2,1-2H3,(H,51,52,53)/b18-17+,24-21+,30-28+/t38?,39-,42-,43?,44?,45+/m1/s1. The van der Waals surface area contributed by atoms with E-state index in [9.17, 15) is 37.9 Å². The van der Waals surface area contributed by atoms with Gasteiger partial charge in [0.2, 0.25) is 0 Å². The molecule has 12 nitrogen and oxygen atoms in total. The molecule has 1 saturated heterocycles. The monoisotopic (exact) mass is 845 g/mol. The summed E-state index contributed by atoms with van der Waals surface area (Å²) < 4.78 is 53.9. The van der Waals surface area contributed by atoms with Gasteiger partial charge in [-0.25, -0.2) is 0 Å². The maximum atomic E-state index is 12.7. The molecule has 0 aromatic rings. The molecule has 13 heteroatoms. The summed E-state index contributed by atoms with van der Waals surface area (Å²) in [6.07, 6.45) is 30.6. The van der Waals surface area contributed by atoms with Gasteiger partial charge in [-0.05, 0) is 57.8 Å². The largest absolute Gasteiger partial charge is 0.462 e. The van der Waals surface area contributed by atoms with Gasteiger partial charge in [0.25, 0.3) is 10.1 Å². The number of aliphatic hydroxyl groups excluding tert-OH is 3. The Morgan fingerprint density at radius 3 is 1.60 bits per heavy atom.